The molecular weight excluding hydrogens is 296 g/mol. The van der Waals surface area contributed by atoms with Gasteiger partial charge in [-0.1, -0.05) is 29.7 Å². The molecule has 0 fully saturated rings. The summed E-state index contributed by atoms with van der Waals surface area (Å²) in [5.74, 6) is 2.43. The summed E-state index contributed by atoms with van der Waals surface area (Å²) in [5.41, 5.74) is 6.68. The standard InChI is InChI=1S/C14H11ClN2O2S/c1-2-10-5-3-6-11(9-10)17-20(18,19)14-12(15)7-4-8-13(14)16/h1,3-9,17H,16H2. The molecule has 0 aliphatic carbocycles. The van der Waals surface area contributed by atoms with Gasteiger partial charge in [-0.25, -0.2) is 8.42 Å². The predicted molar refractivity (Wildman–Crippen MR) is 81.0 cm³/mol. The largest absolute Gasteiger partial charge is 0.398 e. The molecule has 102 valence electrons. The highest BCUT2D eigenvalue weighted by Gasteiger charge is 2.21. The van der Waals surface area contributed by atoms with E-state index >= 15 is 0 Å². The summed E-state index contributed by atoms with van der Waals surface area (Å²) in [4.78, 5) is -0.146. The van der Waals surface area contributed by atoms with Gasteiger partial charge in [-0.15, -0.1) is 6.42 Å². The van der Waals surface area contributed by atoms with Crippen molar-refractivity contribution in [3.05, 3.63) is 53.1 Å². The Balaban J connectivity index is 2.44. The summed E-state index contributed by atoms with van der Waals surface area (Å²) < 4.78 is 27.0. The molecule has 0 atom stereocenters. The molecule has 4 nitrogen and oxygen atoms in total. The van der Waals surface area contributed by atoms with E-state index < -0.39 is 10.0 Å². The summed E-state index contributed by atoms with van der Waals surface area (Å²) in [6.07, 6.45) is 5.27. The summed E-state index contributed by atoms with van der Waals surface area (Å²) in [7, 11) is -3.88. The molecule has 2 aromatic carbocycles. The normalized spacial score (nSPS) is 10.8. The number of hydrogen-bond acceptors (Lipinski definition) is 3. The van der Waals surface area contributed by atoms with Gasteiger partial charge in [-0.3, -0.25) is 4.72 Å². The Morgan fingerprint density at radius 1 is 1.20 bits per heavy atom. The number of hydrogen-bond donors (Lipinski definition) is 2. The summed E-state index contributed by atoms with van der Waals surface area (Å²) >= 11 is 5.91. The summed E-state index contributed by atoms with van der Waals surface area (Å²) in [6.45, 7) is 0. The third kappa shape index (κ3) is 2.87. The van der Waals surface area contributed by atoms with Crippen LogP contribution in [-0.4, -0.2) is 8.42 Å². The molecule has 0 aromatic heterocycles. The van der Waals surface area contributed by atoms with Gasteiger partial charge in [0, 0.05) is 5.56 Å². The van der Waals surface area contributed by atoms with Crippen molar-refractivity contribution in [1.82, 2.24) is 0 Å². The van der Waals surface area contributed by atoms with E-state index in [9.17, 15) is 8.42 Å². The molecule has 0 unspecified atom stereocenters. The fraction of sp³-hybridized carbons (Fsp3) is 0. The molecule has 0 aliphatic rings. The zero-order valence-corrected chi connectivity index (χ0v) is 11.9. The lowest BCUT2D eigenvalue weighted by Crippen LogP contribution is -2.15. The first-order valence-corrected chi connectivity index (χ1v) is 7.43. The van der Waals surface area contributed by atoms with Crippen molar-refractivity contribution in [2.45, 2.75) is 4.90 Å². The van der Waals surface area contributed by atoms with Crippen LogP contribution in [0.1, 0.15) is 5.56 Å². The van der Waals surface area contributed by atoms with E-state index in [1.807, 2.05) is 0 Å². The van der Waals surface area contributed by atoms with Crippen LogP contribution in [-0.2, 0) is 10.0 Å². The number of halogens is 1. The SMILES string of the molecule is C#Cc1cccc(NS(=O)(=O)c2c(N)cccc2Cl)c1. The minimum Gasteiger partial charge on any atom is -0.398 e. The number of rotatable bonds is 3. The third-order valence-electron chi connectivity index (χ3n) is 2.55. The maximum atomic E-state index is 12.3. The van der Waals surface area contributed by atoms with Crippen molar-refractivity contribution in [2.75, 3.05) is 10.5 Å². The van der Waals surface area contributed by atoms with Gasteiger partial charge in [-0.05, 0) is 30.3 Å². The van der Waals surface area contributed by atoms with E-state index in [1.54, 1.807) is 30.3 Å². The maximum absolute atomic E-state index is 12.3. The van der Waals surface area contributed by atoms with Crippen LogP contribution < -0.4 is 10.5 Å². The second-order valence-electron chi connectivity index (χ2n) is 3.99. The van der Waals surface area contributed by atoms with Gasteiger partial charge < -0.3 is 5.73 Å². The van der Waals surface area contributed by atoms with E-state index in [0.29, 0.717) is 11.3 Å². The minimum atomic E-state index is -3.88. The number of anilines is 2. The average Bonchev–Trinajstić information content (AvgIpc) is 2.37. The number of nitrogens with one attached hydrogen (secondary N) is 1. The topological polar surface area (TPSA) is 72.2 Å². The molecule has 0 heterocycles. The van der Waals surface area contributed by atoms with Crippen molar-refractivity contribution in [2.24, 2.45) is 0 Å². The number of nitrogen functional groups attached to an aromatic ring is 1. The second kappa shape index (κ2) is 5.45. The summed E-state index contributed by atoms with van der Waals surface area (Å²) in [5, 5.41) is 0.0607. The van der Waals surface area contributed by atoms with Crippen molar-refractivity contribution in [1.29, 1.82) is 0 Å². The number of benzene rings is 2. The van der Waals surface area contributed by atoms with Crippen LogP contribution in [0.3, 0.4) is 0 Å². The van der Waals surface area contributed by atoms with Gasteiger partial charge in [0.2, 0.25) is 0 Å². The Kier molecular flexibility index (Phi) is 3.89. The van der Waals surface area contributed by atoms with Gasteiger partial charge in [0.25, 0.3) is 10.0 Å². The van der Waals surface area contributed by atoms with Crippen LogP contribution >= 0.6 is 11.6 Å². The zero-order valence-electron chi connectivity index (χ0n) is 10.3. The van der Waals surface area contributed by atoms with Crippen LogP contribution in [0.25, 0.3) is 0 Å². The molecule has 2 aromatic rings. The van der Waals surface area contributed by atoms with Crippen LogP contribution in [0.2, 0.25) is 5.02 Å². The van der Waals surface area contributed by atoms with Crippen LogP contribution in [0.5, 0.6) is 0 Å². The van der Waals surface area contributed by atoms with E-state index in [4.69, 9.17) is 23.8 Å². The molecule has 0 saturated heterocycles. The molecule has 0 spiro atoms. The highest BCUT2D eigenvalue weighted by molar-refractivity contribution is 7.93. The highest BCUT2D eigenvalue weighted by atomic mass is 35.5. The molecule has 0 radical (unpaired) electrons. The molecular formula is C14H11ClN2O2S. The van der Waals surface area contributed by atoms with Crippen molar-refractivity contribution in [3.63, 3.8) is 0 Å². The minimum absolute atomic E-state index is 0.0607. The molecule has 6 heteroatoms. The molecule has 0 amide bonds. The van der Waals surface area contributed by atoms with Gasteiger partial charge in [-0.2, -0.15) is 0 Å². The monoisotopic (exact) mass is 306 g/mol. The third-order valence-corrected chi connectivity index (χ3v) is 4.47. The van der Waals surface area contributed by atoms with Gasteiger partial charge >= 0.3 is 0 Å². The van der Waals surface area contributed by atoms with Gasteiger partial charge in [0.15, 0.2) is 0 Å². The average molecular weight is 307 g/mol. The fourth-order valence-corrected chi connectivity index (χ4v) is 3.42. The molecule has 0 aliphatic heterocycles. The van der Waals surface area contributed by atoms with Crippen molar-refractivity contribution < 1.29 is 8.42 Å². The lowest BCUT2D eigenvalue weighted by molar-refractivity contribution is 0.601. The van der Waals surface area contributed by atoms with E-state index in [1.165, 1.54) is 12.1 Å². The van der Waals surface area contributed by atoms with Crippen LogP contribution in [0, 0.1) is 12.3 Å². The number of nitrogens with two attached hydrogens (primary N) is 1. The smallest absolute Gasteiger partial charge is 0.265 e. The molecule has 0 bridgehead atoms. The Bertz CT molecular complexity index is 775. The Labute approximate surface area is 122 Å². The maximum Gasteiger partial charge on any atom is 0.265 e. The van der Waals surface area contributed by atoms with Crippen LogP contribution in [0.4, 0.5) is 11.4 Å². The molecule has 3 N–H and O–H groups in total. The van der Waals surface area contributed by atoms with Crippen molar-refractivity contribution >= 4 is 33.0 Å². The van der Waals surface area contributed by atoms with Gasteiger partial charge in [0.05, 0.1) is 16.4 Å². The highest BCUT2D eigenvalue weighted by Crippen LogP contribution is 2.28. The Hall–Kier alpha value is -2.16. The quantitative estimate of drug-likeness (QED) is 0.676. The molecule has 20 heavy (non-hydrogen) atoms. The van der Waals surface area contributed by atoms with E-state index in [-0.39, 0.29) is 15.6 Å². The van der Waals surface area contributed by atoms with Gasteiger partial charge in [0.1, 0.15) is 4.90 Å². The predicted octanol–water partition coefficient (Wildman–Crippen LogP) is 2.70. The second-order valence-corrected chi connectivity index (χ2v) is 6.02. The number of terminal acetylenes is 1. The lowest BCUT2D eigenvalue weighted by atomic mass is 10.2. The van der Waals surface area contributed by atoms with Crippen LogP contribution in [0.15, 0.2) is 47.4 Å². The lowest BCUT2D eigenvalue weighted by Gasteiger charge is -2.11. The molecule has 0 saturated carbocycles. The molecule has 2 rings (SSSR count). The number of sulfonamides is 1. The first-order chi connectivity index (χ1) is 9.44. The Morgan fingerprint density at radius 2 is 1.90 bits per heavy atom. The van der Waals surface area contributed by atoms with E-state index in [0.717, 1.165) is 0 Å². The van der Waals surface area contributed by atoms with Crippen molar-refractivity contribution in [3.8, 4) is 12.3 Å². The first kappa shape index (κ1) is 14.3. The Morgan fingerprint density at radius 3 is 2.55 bits per heavy atom. The first-order valence-electron chi connectivity index (χ1n) is 5.57. The van der Waals surface area contributed by atoms with E-state index in [2.05, 4.69) is 10.6 Å². The zero-order chi connectivity index (χ0) is 14.8. The summed E-state index contributed by atoms with van der Waals surface area (Å²) in [6, 6.07) is 11.0. The fourth-order valence-electron chi connectivity index (χ4n) is 1.69.